The van der Waals surface area contributed by atoms with Crippen molar-refractivity contribution in [3.8, 4) is 0 Å². The maximum atomic E-state index is 13.3. The fourth-order valence-corrected chi connectivity index (χ4v) is 4.29. The lowest BCUT2D eigenvalue weighted by Crippen LogP contribution is -2.50. The highest BCUT2D eigenvalue weighted by Crippen LogP contribution is 2.27. The van der Waals surface area contributed by atoms with Gasteiger partial charge in [0.05, 0.1) is 19.0 Å². The minimum atomic E-state index is -3.20. The number of hydrogen-bond donors (Lipinski definition) is 1. The van der Waals surface area contributed by atoms with Crippen LogP contribution in [0.15, 0.2) is 48.5 Å². The minimum Gasteiger partial charge on any atom is -0.389 e. The molecule has 0 bridgehead atoms. The number of benzene rings is 2. The van der Waals surface area contributed by atoms with Gasteiger partial charge >= 0.3 is 0 Å². The van der Waals surface area contributed by atoms with Crippen LogP contribution in [0.5, 0.6) is 0 Å². The molecule has 1 fully saturated rings. The number of ether oxygens (including phenoxy) is 1. The van der Waals surface area contributed by atoms with E-state index in [-0.39, 0.29) is 18.2 Å². The van der Waals surface area contributed by atoms with Crippen LogP contribution < -0.4 is 0 Å². The summed E-state index contributed by atoms with van der Waals surface area (Å²) < 4.78 is 57.2. The lowest BCUT2D eigenvalue weighted by molar-refractivity contribution is -0.0117. The molecule has 1 saturated heterocycles. The Hall–Kier alpha value is -1.91. The molecule has 2 aromatic rings. The first kappa shape index (κ1) is 22.8. The molecule has 1 aliphatic rings. The number of piperazine rings is 1. The quantitative estimate of drug-likeness (QED) is 0.680. The van der Waals surface area contributed by atoms with Crippen LogP contribution in [-0.4, -0.2) is 74.4 Å². The Labute approximate surface area is 175 Å². The van der Waals surface area contributed by atoms with Gasteiger partial charge in [-0.2, -0.15) is 4.31 Å². The largest absolute Gasteiger partial charge is 0.389 e. The molecule has 30 heavy (non-hydrogen) atoms. The minimum absolute atomic E-state index is 0.0196. The normalized spacial score (nSPS) is 17.4. The van der Waals surface area contributed by atoms with Crippen molar-refractivity contribution in [3.63, 3.8) is 0 Å². The van der Waals surface area contributed by atoms with Gasteiger partial charge in [-0.25, -0.2) is 17.2 Å². The van der Waals surface area contributed by atoms with E-state index in [1.54, 1.807) is 24.3 Å². The molecule has 0 amide bonds. The first-order chi connectivity index (χ1) is 14.2. The monoisotopic (exact) mass is 440 g/mol. The molecule has 6 nitrogen and oxygen atoms in total. The second-order valence-corrected chi connectivity index (χ2v) is 9.42. The van der Waals surface area contributed by atoms with Crippen molar-refractivity contribution in [1.82, 2.24) is 9.21 Å². The number of sulfonamides is 1. The molecule has 0 radical (unpaired) electrons. The second-order valence-electron chi connectivity index (χ2n) is 7.43. The molecule has 9 heteroatoms. The summed E-state index contributed by atoms with van der Waals surface area (Å²) in [7, 11) is -3.20. The number of aliphatic hydroxyl groups is 1. The molecule has 0 spiro atoms. The molecule has 3 rings (SSSR count). The SMILES string of the molecule is CS(=O)(=O)N1CCN(C[C@H](O)COC(c2ccc(F)cc2)c2ccc(F)cc2)CC1. The summed E-state index contributed by atoms with van der Waals surface area (Å²) >= 11 is 0. The first-order valence-corrected chi connectivity index (χ1v) is 11.6. The van der Waals surface area contributed by atoms with Crippen LogP contribution in [0, 0.1) is 11.6 Å². The van der Waals surface area contributed by atoms with E-state index in [4.69, 9.17) is 4.74 Å². The predicted octanol–water partition coefficient (Wildman–Crippen LogP) is 2.01. The van der Waals surface area contributed by atoms with Gasteiger partial charge < -0.3 is 9.84 Å². The van der Waals surface area contributed by atoms with E-state index in [2.05, 4.69) is 0 Å². The molecule has 1 aliphatic heterocycles. The highest BCUT2D eigenvalue weighted by Gasteiger charge is 2.25. The number of rotatable bonds is 8. The number of hydrogen-bond acceptors (Lipinski definition) is 5. The standard InChI is InChI=1S/C21H26F2N2O4S/c1-30(27,28)25-12-10-24(11-13-25)14-20(26)15-29-21(16-2-6-18(22)7-3-16)17-4-8-19(23)9-5-17/h2-9,20-21,26H,10-15H2,1H3/t20-/m0/s1. The van der Waals surface area contributed by atoms with Crippen LogP contribution in [0.1, 0.15) is 17.2 Å². The number of aliphatic hydroxyl groups excluding tert-OH is 1. The average molecular weight is 441 g/mol. The van der Waals surface area contributed by atoms with Crippen LogP contribution in [0.25, 0.3) is 0 Å². The Morgan fingerprint density at radius 3 is 1.83 bits per heavy atom. The van der Waals surface area contributed by atoms with Crippen LogP contribution >= 0.6 is 0 Å². The molecular weight excluding hydrogens is 414 g/mol. The zero-order valence-corrected chi connectivity index (χ0v) is 17.6. The third kappa shape index (κ3) is 6.29. The Kier molecular flexibility index (Phi) is 7.54. The maximum Gasteiger partial charge on any atom is 0.211 e. The van der Waals surface area contributed by atoms with Crippen molar-refractivity contribution in [2.45, 2.75) is 12.2 Å². The van der Waals surface area contributed by atoms with Gasteiger partial charge in [0.2, 0.25) is 10.0 Å². The fourth-order valence-electron chi connectivity index (χ4n) is 3.46. The summed E-state index contributed by atoms with van der Waals surface area (Å²) in [5, 5.41) is 10.4. The maximum absolute atomic E-state index is 13.3. The molecule has 0 aromatic heterocycles. The topological polar surface area (TPSA) is 70.1 Å². The van der Waals surface area contributed by atoms with Gasteiger partial charge in [0.1, 0.15) is 17.7 Å². The van der Waals surface area contributed by atoms with Gasteiger partial charge in [0.25, 0.3) is 0 Å². The third-order valence-corrected chi connectivity index (χ3v) is 6.37. The smallest absolute Gasteiger partial charge is 0.211 e. The highest BCUT2D eigenvalue weighted by molar-refractivity contribution is 7.88. The van der Waals surface area contributed by atoms with E-state index < -0.39 is 22.2 Å². The molecule has 0 aliphatic carbocycles. The Bertz CT molecular complexity index is 870. The van der Waals surface area contributed by atoms with Crippen LogP contribution in [-0.2, 0) is 14.8 Å². The molecular formula is C21H26F2N2O4S. The summed E-state index contributed by atoms with van der Waals surface area (Å²) in [6.07, 6.45) is -0.183. The zero-order chi connectivity index (χ0) is 21.7. The highest BCUT2D eigenvalue weighted by atomic mass is 32.2. The zero-order valence-electron chi connectivity index (χ0n) is 16.7. The molecule has 1 N–H and O–H groups in total. The molecule has 0 unspecified atom stereocenters. The first-order valence-electron chi connectivity index (χ1n) is 9.70. The van der Waals surface area contributed by atoms with Gasteiger partial charge in [0.15, 0.2) is 0 Å². The Balaban J connectivity index is 1.60. The van der Waals surface area contributed by atoms with Crippen molar-refractivity contribution in [2.75, 3.05) is 45.6 Å². The molecule has 164 valence electrons. The van der Waals surface area contributed by atoms with Gasteiger partial charge in [-0.1, -0.05) is 24.3 Å². The van der Waals surface area contributed by atoms with E-state index in [9.17, 15) is 22.3 Å². The summed E-state index contributed by atoms with van der Waals surface area (Å²) in [5.41, 5.74) is 1.38. The van der Waals surface area contributed by atoms with Crippen molar-refractivity contribution < 1.29 is 27.0 Å². The molecule has 2 aromatic carbocycles. The summed E-state index contributed by atoms with van der Waals surface area (Å²) in [5.74, 6) is -0.741. The van der Waals surface area contributed by atoms with E-state index in [1.165, 1.54) is 34.8 Å². The summed E-state index contributed by atoms with van der Waals surface area (Å²) in [4.78, 5) is 1.99. The van der Waals surface area contributed by atoms with E-state index >= 15 is 0 Å². The lowest BCUT2D eigenvalue weighted by atomic mass is 10.0. The van der Waals surface area contributed by atoms with Gasteiger partial charge in [0, 0.05) is 32.7 Å². The third-order valence-electron chi connectivity index (χ3n) is 5.07. The molecule has 1 atom stereocenters. The molecule has 1 heterocycles. The number of halogens is 2. The number of nitrogens with zero attached hydrogens (tertiary/aromatic N) is 2. The van der Waals surface area contributed by atoms with E-state index in [0.29, 0.717) is 43.9 Å². The number of β-amino-alcohol motifs (C(OH)–C–C–N with tert-alkyl or cyclic N) is 1. The average Bonchev–Trinajstić information content (AvgIpc) is 2.70. The van der Waals surface area contributed by atoms with Gasteiger partial charge in [-0.05, 0) is 35.4 Å². The van der Waals surface area contributed by atoms with E-state index in [1.807, 2.05) is 4.90 Å². The van der Waals surface area contributed by atoms with Crippen molar-refractivity contribution in [1.29, 1.82) is 0 Å². The van der Waals surface area contributed by atoms with Crippen LogP contribution in [0.3, 0.4) is 0 Å². The predicted molar refractivity (Wildman–Crippen MR) is 109 cm³/mol. The summed E-state index contributed by atoms with van der Waals surface area (Å²) in [6, 6.07) is 11.7. The van der Waals surface area contributed by atoms with Crippen molar-refractivity contribution in [2.24, 2.45) is 0 Å². The lowest BCUT2D eigenvalue weighted by Gasteiger charge is -2.34. The Morgan fingerprint density at radius 1 is 0.933 bits per heavy atom. The Morgan fingerprint density at radius 2 is 1.40 bits per heavy atom. The van der Waals surface area contributed by atoms with Crippen molar-refractivity contribution >= 4 is 10.0 Å². The van der Waals surface area contributed by atoms with Crippen LogP contribution in [0.2, 0.25) is 0 Å². The fraction of sp³-hybridized carbons (Fsp3) is 0.429. The van der Waals surface area contributed by atoms with Gasteiger partial charge in [-0.3, -0.25) is 4.90 Å². The second kappa shape index (κ2) is 9.93. The van der Waals surface area contributed by atoms with Crippen molar-refractivity contribution in [3.05, 3.63) is 71.3 Å². The van der Waals surface area contributed by atoms with Crippen LogP contribution in [0.4, 0.5) is 8.78 Å². The molecule has 0 saturated carbocycles. The van der Waals surface area contributed by atoms with Gasteiger partial charge in [-0.15, -0.1) is 0 Å². The summed E-state index contributed by atoms with van der Waals surface area (Å²) in [6.45, 7) is 2.20. The van der Waals surface area contributed by atoms with E-state index in [0.717, 1.165) is 0 Å².